The van der Waals surface area contributed by atoms with Crippen molar-refractivity contribution in [1.82, 2.24) is 9.88 Å². The Bertz CT molecular complexity index is 717. The molecular weight excluding hydrogens is 294 g/mol. The Kier molecular flexibility index (Phi) is 4.83. The normalized spacial score (nSPS) is 11.1. The second-order valence-corrected chi connectivity index (χ2v) is 6.27. The van der Waals surface area contributed by atoms with Crippen LogP contribution in [0.15, 0.2) is 36.5 Å². The van der Waals surface area contributed by atoms with Crippen LogP contribution in [0.5, 0.6) is 0 Å². The smallest absolute Gasteiger partial charge is 0.410 e. The lowest BCUT2D eigenvalue weighted by atomic mass is 10.2. The summed E-state index contributed by atoms with van der Waals surface area (Å²) in [7, 11) is 1.52. The molecule has 6 heteroatoms. The Morgan fingerprint density at radius 1 is 1.22 bits per heavy atom. The number of carbonyl (C=O) groups excluding carboxylic acids is 2. The highest BCUT2D eigenvalue weighted by atomic mass is 16.6. The molecule has 23 heavy (non-hydrogen) atoms. The minimum atomic E-state index is -0.596. The third kappa shape index (κ3) is 4.67. The number of anilines is 1. The van der Waals surface area contributed by atoms with Gasteiger partial charge in [-0.25, -0.2) is 4.79 Å². The maximum atomic E-state index is 12.1. The molecule has 2 aromatic rings. The number of aromatic nitrogens is 1. The third-order valence-electron chi connectivity index (χ3n) is 2.99. The molecule has 0 spiro atoms. The van der Waals surface area contributed by atoms with Gasteiger partial charge in [-0.2, -0.15) is 0 Å². The lowest BCUT2D eigenvalue weighted by molar-refractivity contribution is -0.117. The van der Waals surface area contributed by atoms with Crippen LogP contribution in [0.25, 0.3) is 10.9 Å². The Morgan fingerprint density at radius 3 is 2.61 bits per heavy atom. The van der Waals surface area contributed by atoms with Crippen molar-refractivity contribution < 1.29 is 14.3 Å². The van der Waals surface area contributed by atoms with E-state index in [2.05, 4.69) is 10.3 Å². The number of carbonyl (C=O) groups is 2. The number of nitrogens with one attached hydrogen (secondary N) is 1. The fourth-order valence-corrected chi connectivity index (χ4v) is 2.01. The van der Waals surface area contributed by atoms with Crippen molar-refractivity contribution in [2.75, 3.05) is 18.9 Å². The summed E-state index contributed by atoms with van der Waals surface area (Å²) in [4.78, 5) is 29.5. The first-order valence-electron chi connectivity index (χ1n) is 7.34. The van der Waals surface area contributed by atoms with E-state index in [4.69, 9.17) is 4.74 Å². The maximum Gasteiger partial charge on any atom is 0.410 e. The van der Waals surface area contributed by atoms with Crippen LogP contribution in [-0.4, -0.2) is 41.1 Å². The van der Waals surface area contributed by atoms with Gasteiger partial charge in [-0.05, 0) is 32.9 Å². The average Bonchev–Trinajstić information content (AvgIpc) is 2.45. The van der Waals surface area contributed by atoms with Crippen LogP contribution in [0.4, 0.5) is 10.5 Å². The van der Waals surface area contributed by atoms with Crippen molar-refractivity contribution >= 4 is 28.6 Å². The van der Waals surface area contributed by atoms with Crippen molar-refractivity contribution in [2.45, 2.75) is 26.4 Å². The van der Waals surface area contributed by atoms with E-state index < -0.39 is 11.7 Å². The second-order valence-electron chi connectivity index (χ2n) is 6.27. The molecule has 1 aromatic carbocycles. The van der Waals surface area contributed by atoms with Crippen LogP contribution in [0.1, 0.15) is 20.8 Å². The summed E-state index contributed by atoms with van der Waals surface area (Å²) < 4.78 is 5.22. The van der Waals surface area contributed by atoms with Gasteiger partial charge in [0.2, 0.25) is 5.91 Å². The van der Waals surface area contributed by atoms with Crippen LogP contribution in [0.3, 0.4) is 0 Å². The first-order chi connectivity index (χ1) is 10.8. The summed E-state index contributed by atoms with van der Waals surface area (Å²) in [6, 6.07) is 9.30. The van der Waals surface area contributed by atoms with Crippen molar-refractivity contribution in [3.05, 3.63) is 36.5 Å². The summed E-state index contributed by atoms with van der Waals surface area (Å²) in [5.41, 5.74) is 0.732. The van der Waals surface area contributed by atoms with Crippen LogP contribution in [0, 0.1) is 0 Å². The zero-order valence-corrected chi connectivity index (χ0v) is 13.8. The highest BCUT2D eigenvalue weighted by Crippen LogP contribution is 2.20. The van der Waals surface area contributed by atoms with Gasteiger partial charge in [0.1, 0.15) is 12.1 Å². The molecule has 0 aliphatic carbocycles. The summed E-state index contributed by atoms with van der Waals surface area (Å²) in [5.74, 6) is -0.309. The molecule has 0 radical (unpaired) electrons. The highest BCUT2D eigenvalue weighted by Gasteiger charge is 2.21. The Hall–Kier alpha value is -2.63. The molecule has 0 bridgehead atoms. The monoisotopic (exact) mass is 315 g/mol. The van der Waals surface area contributed by atoms with E-state index >= 15 is 0 Å². The van der Waals surface area contributed by atoms with E-state index in [-0.39, 0.29) is 12.5 Å². The molecule has 0 fully saturated rings. The highest BCUT2D eigenvalue weighted by molar-refractivity contribution is 6.01. The summed E-state index contributed by atoms with van der Waals surface area (Å²) in [6.07, 6.45) is 1.13. The van der Waals surface area contributed by atoms with Gasteiger partial charge in [0.05, 0.1) is 11.2 Å². The zero-order chi connectivity index (χ0) is 17.0. The van der Waals surface area contributed by atoms with Crippen LogP contribution in [0.2, 0.25) is 0 Å². The summed E-state index contributed by atoms with van der Waals surface area (Å²) in [6.45, 7) is 5.24. The maximum absolute atomic E-state index is 12.1. The minimum Gasteiger partial charge on any atom is -0.444 e. The molecule has 0 aliphatic heterocycles. The molecule has 1 N–H and O–H groups in total. The SMILES string of the molecule is CN(CC(=O)Nc1cccc2cccnc12)C(=O)OC(C)(C)C. The van der Waals surface area contributed by atoms with Crippen molar-refractivity contribution in [3.8, 4) is 0 Å². The van der Waals surface area contributed by atoms with Gasteiger partial charge in [-0.15, -0.1) is 0 Å². The largest absolute Gasteiger partial charge is 0.444 e. The lowest BCUT2D eigenvalue weighted by Crippen LogP contribution is -2.38. The predicted octanol–water partition coefficient (Wildman–Crippen LogP) is 3.04. The van der Waals surface area contributed by atoms with Crippen molar-refractivity contribution in [1.29, 1.82) is 0 Å². The number of para-hydroxylation sites is 1. The zero-order valence-electron chi connectivity index (χ0n) is 13.8. The number of pyridine rings is 1. The van der Waals surface area contributed by atoms with E-state index in [1.807, 2.05) is 24.3 Å². The van der Waals surface area contributed by atoms with Gasteiger partial charge in [0, 0.05) is 18.6 Å². The van der Waals surface area contributed by atoms with E-state index in [9.17, 15) is 9.59 Å². The van der Waals surface area contributed by atoms with Gasteiger partial charge in [-0.1, -0.05) is 18.2 Å². The number of amides is 2. The number of rotatable bonds is 3. The molecule has 0 saturated carbocycles. The molecule has 6 nitrogen and oxygen atoms in total. The number of hydrogen-bond donors (Lipinski definition) is 1. The fraction of sp³-hybridized carbons (Fsp3) is 0.353. The number of benzene rings is 1. The molecule has 1 aromatic heterocycles. The van der Waals surface area contributed by atoms with E-state index in [0.717, 1.165) is 5.39 Å². The Morgan fingerprint density at radius 2 is 1.91 bits per heavy atom. The minimum absolute atomic E-state index is 0.0991. The number of likely N-dealkylation sites (N-methyl/N-ethyl adjacent to an activating group) is 1. The number of nitrogens with zero attached hydrogens (tertiary/aromatic N) is 2. The first-order valence-corrected chi connectivity index (χ1v) is 7.34. The molecule has 2 amide bonds. The quantitative estimate of drug-likeness (QED) is 0.945. The number of hydrogen-bond acceptors (Lipinski definition) is 4. The summed E-state index contributed by atoms with van der Waals surface area (Å²) >= 11 is 0. The van der Waals surface area contributed by atoms with E-state index in [0.29, 0.717) is 11.2 Å². The molecule has 0 atom stereocenters. The molecule has 122 valence electrons. The molecular formula is C17H21N3O3. The van der Waals surface area contributed by atoms with Gasteiger partial charge in [-0.3, -0.25) is 9.78 Å². The second kappa shape index (κ2) is 6.64. The van der Waals surface area contributed by atoms with Gasteiger partial charge in [0.15, 0.2) is 0 Å². The van der Waals surface area contributed by atoms with Crippen LogP contribution >= 0.6 is 0 Å². The van der Waals surface area contributed by atoms with Crippen molar-refractivity contribution in [3.63, 3.8) is 0 Å². The predicted molar refractivity (Wildman–Crippen MR) is 89.2 cm³/mol. The molecule has 0 unspecified atom stereocenters. The van der Waals surface area contributed by atoms with Gasteiger partial charge in [0.25, 0.3) is 0 Å². The fourth-order valence-electron chi connectivity index (χ4n) is 2.01. The molecule has 2 rings (SSSR count). The average molecular weight is 315 g/mol. The Labute approximate surface area is 135 Å². The number of ether oxygens (including phenoxy) is 1. The van der Waals surface area contributed by atoms with E-state index in [1.54, 1.807) is 33.0 Å². The third-order valence-corrected chi connectivity index (χ3v) is 2.99. The van der Waals surface area contributed by atoms with E-state index in [1.165, 1.54) is 11.9 Å². The van der Waals surface area contributed by atoms with Gasteiger partial charge >= 0.3 is 6.09 Å². The summed E-state index contributed by atoms with van der Waals surface area (Å²) in [5, 5.41) is 3.72. The standard InChI is InChI=1S/C17H21N3O3/c1-17(2,3)23-16(22)20(4)11-14(21)19-13-9-5-7-12-8-6-10-18-15(12)13/h5-10H,11H2,1-4H3,(H,19,21). The van der Waals surface area contributed by atoms with Crippen molar-refractivity contribution in [2.24, 2.45) is 0 Å². The number of fused-ring (bicyclic) bond motifs is 1. The molecule has 1 heterocycles. The molecule has 0 aliphatic rings. The first kappa shape index (κ1) is 16.7. The Balaban J connectivity index is 2.03. The van der Waals surface area contributed by atoms with Gasteiger partial charge < -0.3 is 15.0 Å². The topological polar surface area (TPSA) is 71.5 Å². The van der Waals surface area contributed by atoms with Crippen LogP contribution < -0.4 is 5.32 Å². The van der Waals surface area contributed by atoms with Crippen LogP contribution in [-0.2, 0) is 9.53 Å². The molecule has 0 saturated heterocycles. The lowest BCUT2D eigenvalue weighted by Gasteiger charge is -2.24.